The number of rotatable bonds is 2. The molecule has 0 atom stereocenters. The summed E-state index contributed by atoms with van der Waals surface area (Å²) in [7, 11) is 0. The van der Waals surface area contributed by atoms with Crippen LogP contribution in [0.5, 0.6) is 0 Å². The predicted molar refractivity (Wildman–Crippen MR) is 69.0 cm³/mol. The first-order valence-corrected chi connectivity index (χ1v) is 6.24. The number of nitriles is 1. The van der Waals surface area contributed by atoms with Crippen molar-refractivity contribution < 1.29 is 0 Å². The molecule has 0 amide bonds. The number of aromatic nitrogens is 1. The van der Waals surface area contributed by atoms with E-state index in [1.54, 1.807) is 5.51 Å². The van der Waals surface area contributed by atoms with Gasteiger partial charge in [0.1, 0.15) is 10.9 Å². The highest BCUT2D eigenvalue weighted by Gasteiger charge is 2.07. The largest absolute Gasteiger partial charge is 0.337 e. The summed E-state index contributed by atoms with van der Waals surface area (Å²) in [4.78, 5) is 4.70. The Labute approximate surface area is 106 Å². The highest BCUT2D eigenvalue weighted by Crippen LogP contribution is 2.28. The lowest BCUT2D eigenvalue weighted by molar-refractivity contribution is 1.35. The summed E-state index contributed by atoms with van der Waals surface area (Å²) in [5.74, 6) is 0.608. The molecular weight excluding hydrogens is 286 g/mol. The summed E-state index contributed by atoms with van der Waals surface area (Å²) in [6, 6.07) is 8.08. The topological polar surface area (TPSA) is 48.7 Å². The Hall–Kier alpha value is -1.38. The standard InChI is InChI=1S/C11H8BrN3S/c1-7-2-3-9(8(12)4-7)15-11-10(5-13)16-6-14-11/h2-4,6,15H,1H3. The van der Waals surface area contributed by atoms with E-state index in [0.717, 1.165) is 10.2 Å². The first-order valence-electron chi connectivity index (χ1n) is 4.57. The summed E-state index contributed by atoms with van der Waals surface area (Å²) >= 11 is 4.80. The molecule has 0 bridgehead atoms. The van der Waals surface area contributed by atoms with Crippen LogP contribution in [0.1, 0.15) is 10.4 Å². The molecule has 16 heavy (non-hydrogen) atoms. The molecule has 0 aliphatic carbocycles. The van der Waals surface area contributed by atoms with Crippen molar-refractivity contribution in [3.05, 3.63) is 38.6 Å². The second-order valence-corrected chi connectivity index (χ2v) is 4.96. The average molecular weight is 294 g/mol. The Morgan fingerprint density at radius 2 is 2.31 bits per heavy atom. The van der Waals surface area contributed by atoms with Crippen LogP contribution in [0.15, 0.2) is 28.2 Å². The maximum atomic E-state index is 8.87. The number of nitrogens with zero attached hydrogens (tertiary/aromatic N) is 2. The fraction of sp³-hybridized carbons (Fsp3) is 0.0909. The molecule has 3 nitrogen and oxygen atoms in total. The molecule has 0 spiro atoms. The minimum atomic E-state index is 0.590. The van der Waals surface area contributed by atoms with Crippen LogP contribution in [0.3, 0.4) is 0 Å². The molecule has 5 heteroatoms. The number of halogens is 1. The maximum absolute atomic E-state index is 8.87. The Kier molecular flexibility index (Phi) is 3.22. The highest BCUT2D eigenvalue weighted by molar-refractivity contribution is 9.10. The predicted octanol–water partition coefficient (Wildman–Crippen LogP) is 3.83. The van der Waals surface area contributed by atoms with Crippen molar-refractivity contribution in [3.63, 3.8) is 0 Å². The molecule has 0 saturated carbocycles. The SMILES string of the molecule is Cc1ccc(Nc2ncsc2C#N)c(Br)c1. The molecule has 0 unspecified atom stereocenters. The van der Waals surface area contributed by atoms with E-state index < -0.39 is 0 Å². The first-order chi connectivity index (χ1) is 7.70. The Balaban J connectivity index is 2.31. The Morgan fingerprint density at radius 1 is 1.50 bits per heavy atom. The molecule has 0 fully saturated rings. The van der Waals surface area contributed by atoms with Crippen LogP contribution in [0.2, 0.25) is 0 Å². The lowest BCUT2D eigenvalue weighted by Crippen LogP contribution is -1.93. The zero-order valence-corrected chi connectivity index (χ0v) is 10.9. The van der Waals surface area contributed by atoms with Crippen LogP contribution in [-0.2, 0) is 0 Å². The second kappa shape index (κ2) is 4.64. The lowest BCUT2D eigenvalue weighted by atomic mass is 10.2. The summed E-state index contributed by atoms with van der Waals surface area (Å²) in [5.41, 5.74) is 3.74. The molecule has 0 radical (unpaired) electrons. The summed E-state index contributed by atoms with van der Waals surface area (Å²) < 4.78 is 0.962. The third kappa shape index (κ3) is 2.23. The van der Waals surface area contributed by atoms with E-state index in [1.807, 2.05) is 25.1 Å². The van der Waals surface area contributed by atoms with Gasteiger partial charge < -0.3 is 5.32 Å². The summed E-state index contributed by atoms with van der Waals surface area (Å²) in [6.45, 7) is 2.03. The minimum absolute atomic E-state index is 0.590. The molecule has 1 aromatic carbocycles. The van der Waals surface area contributed by atoms with Gasteiger partial charge in [-0.05, 0) is 40.5 Å². The van der Waals surface area contributed by atoms with Gasteiger partial charge in [0.2, 0.25) is 0 Å². The van der Waals surface area contributed by atoms with Crippen molar-refractivity contribution in [2.24, 2.45) is 0 Å². The molecule has 0 aliphatic rings. The van der Waals surface area contributed by atoms with Crippen LogP contribution < -0.4 is 5.32 Å². The number of hydrogen-bond donors (Lipinski definition) is 1. The number of hydrogen-bond acceptors (Lipinski definition) is 4. The molecule has 0 saturated heterocycles. The fourth-order valence-electron chi connectivity index (χ4n) is 1.26. The molecule has 1 heterocycles. The maximum Gasteiger partial charge on any atom is 0.159 e. The van der Waals surface area contributed by atoms with E-state index in [2.05, 4.69) is 32.3 Å². The Morgan fingerprint density at radius 3 is 3.00 bits per heavy atom. The average Bonchev–Trinajstić information content (AvgIpc) is 2.69. The summed E-state index contributed by atoms with van der Waals surface area (Å²) in [6.07, 6.45) is 0. The van der Waals surface area contributed by atoms with E-state index in [-0.39, 0.29) is 0 Å². The van der Waals surface area contributed by atoms with E-state index in [0.29, 0.717) is 10.7 Å². The van der Waals surface area contributed by atoms with Gasteiger partial charge >= 0.3 is 0 Å². The van der Waals surface area contributed by atoms with Crippen LogP contribution in [0.4, 0.5) is 11.5 Å². The lowest BCUT2D eigenvalue weighted by Gasteiger charge is -2.06. The van der Waals surface area contributed by atoms with Gasteiger partial charge in [-0.3, -0.25) is 0 Å². The third-order valence-electron chi connectivity index (χ3n) is 2.05. The van der Waals surface area contributed by atoms with Gasteiger partial charge in [-0.1, -0.05) is 6.07 Å². The van der Waals surface area contributed by atoms with Crippen LogP contribution in [0, 0.1) is 18.3 Å². The molecular formula is C11H8BrN3S. The van der Waals surface area contributed by atoms with Crippen molar-refractivity contribution in [1.29, 1.82) is 5.26 Å². The molecule has 2 rings (SSSR count). The molecule has 2 aromatic rings. The van der Waals surface area contributed by atoms with E-state index in [1.165, 1.54) is 16.9 Å². The van der Waals surface area contributed by atoms with Crippen LogP contribution in [0.25, 0.3) is 0 Å². The molecule has 1 aromatic heterocycles. The van der Waals surface area contributed by atoms with Crippen molar-refractivity contribution in [3.8, 4) is 6.07 Å². The second-order valence-electron chi connectivity index (χ2n) is 3.25. The molecule has 0 aliphatic heterocycles. The van der Waals surface area contributed by atoms with Gasteiger partial charge in [-0.2, -0.15) is 5.26 Å². The van der Waals surface area contributed by atoms with E-state index in [9.17, 15) is 0 Å². The van der Waals surface area contributed by atoms with Crippen molar-refractivity contribution in [2.75, 3.05) is 5.32 Å². The number of aryl methyl sites for hydroxylation is 1. The van der Waals surface area contributed by atoms with Crippen molar-refractivity contribution in [2.45, 2.75) is 6.92 Å². The van der Waals surface area contributed by atoms with Gasteiger partial charge in [0, 0.05) is 4.47 Å². The van der Waals surface area contributed by atoms with Gasteiger partial charge in [-0.25, -0.2) is 4.98 Å². The van der Waals surface area contributed by atoms with Crippen molar-refractivity contribution >= 4 is 38.8 Å². The first kappa shape index (κ1) is 11.1. The zero-order valence-electron chi connectivity index (χ0n) is 8.49. The molecule has 1 N–H and O–H groups in total. The van der Waals surface area contributed by atoms with Crippen LogP contribution >= 0.6 is 27.3 Å². The fourth-order valence-corrected chi connectivity index (χ4v) is 2.39. The monoisotopic (exact) mass is 293 g/mol. The van der Waals surface area contributed by atoms with Gasteiger partial charge in [0.15, 0.2) is 5.82 Å². The zero-order chi connectivity index (χ0) is 11.5. The Bertz CT molecular complexity index is 557. The van der Waals surface area contributed by atoms with Crippen LogP contribution in [-0.4, -0.2) is 4.98 Å². The van der Waals surface area contributed by atoms with Gasteiger partial charge in [0.05, 0.1) is 11.2 Å². The number of anilines is 2. The number of nitrogens with one attached hydrogen (secondary N) is 1. The highest BCUT2D eigenvalue weighted by atomic mass is 79.9. The van der Waals surface area contributed by atoms with Crippen molar-refractivity contribution in [1.82, 2.24) is 4.98 Å². The van der Waals surface area contributed by atoms with E-state index in [4.69, 9.17) is 5.26 Å². The number of thiazole rings is 1. The third-order valence-corrected chi connectivity index (χ3v) is 3.43. The minimum Gasteiger partial charge on any atom is -0.337 e. The van der Waals surface area contributed by atoms with E-state index >= 15 is 0 Å². The van der Waals surface area contributed by atoms with Gasteiger partial charge in [0.25, 0.3) is 0 Å². The van der Waals surface area contributed by atoms with Gasteiger partial charge in [-0.15, -0.1) is 11.3 Å². The quantitative estimate of drug-likeness (QED) is 0.915. The smallest absolute Gasteiger partial charge is 0.159 e. The number of benzene rings is 1. The normalized spacial score (nSPS) is 9.81. The summed E-state index contributed by atoms with van der Waals surface area (Å²) in [5, 5.41) is 12.0. The molecule has 80 valence electrons.